The molecule has 2 nitrogen and oxygen atoms in total. The number of benzene rings is 1. The Morgan fingerprint density at radius 3 is 0.909 bits per heavy atom. The summed E-state index contributed by atoms with van der Waals surface area (Å²) in [5, 5.41) is 0. The Balaban J connectivity index is 1.64. The molecule has 256 valence electrons. The number of unbranched alkanes of at least 4 members (excludes halogenated alkanes) is 32. The van der Waals surface area contributed by atoms with Gasteiger partial charge in [0, 0.05) is 6.42 Å². The van der Waals surface area contributed by atoms with E-state index in [-0.39, 0.29) is 5.97 Å². The molecule has 0 atom stereocenters. The van der Waals surface area contributed by atoms with Crippen molar-refractivity contribution in [1.29, 1.82) is 0 Å². The molecule has 0 aliphatic carbocycles. The van der Waals surface area contributed by atoms with Gasteiger partial charge in [-0.15, -0.1) is 0 Å². The summed E-state index contributed by atoms with van der Waals surface area (Å²) in [5.74, 6) is 0.556. The Morgan fingerprint density at radius 2 is 0.636 bits per heavy atom. The molecule has 44 heavy (non-hydrogen) atoms. The van der Waals surface area contributed by atoms with Crippen molar-refractivity contribution in [3.05, 3.63) is 30.3 Å². The molecule has 0 radical (unpaired) electrons. The van der Waals surface area contributed by atoms with E-state index in [1.807, 2.05) is 30.3 Å². The molecule has 1 aromatic rings. The van der Waals surface area contributed by atoms with Gasteiger partial charge in [-0.1, -0.05) is 231 Å². The zero-order valence-corrected chi connectivity index (χ0v) is 29.7. The highest BCUT2D eigenvalue weighted by Gasteiger charge is 2.04. The molecule has 0 aliphatic heterocycles. The first kappa shape index (κ1) is 40.7. The summed E-state index contributed by atoms with van der Waals surface area (Å²) in [7, 11) is 0. The lowest BCUT2D eigenvalue weighted by molar-refractivity contribution is -0.134. The Labute approximate surface area is 276 Å². The number of ether oxygens (including phenoxy) is 1. The SMILES string of the molecule is CCCCCCCCCCCCCCCCCCCCCCCCCCCCCCCCCCCC(=O)Oc1ccccc1. The monoisotopic (exact) mass is 613 g/mol. The van der Waals surface area contributed by atoms with E-state index in [0.717, 1.165) is 12.8 Å². The van der Waals surface area contributed by atoms with Crippen LogP contribution in [0.15, 0.2) is 30.3 Å². The maximum Gasteiger partial charge on any atom is 0.311 e. The summed E-state index contributed by atoms with van der Waals surface area (Å²) in [6.07, 6.45) is 47.4. The number of hydrogen-bond acceptors (Lipinski definition) is 2. The second kappa shape index (κ2) is 34.6. The topological polar surface area (TPSA) is 26.3 Å². The van der Waals surface area contributed by atoms with Crippen molar-refractivity contribution in [2.24, 2.45) is 0 Å². The zero-order chi connectivity index (χ0) is 31.4. The molecule has 0 fully saturated rings. The summed E-state index contributed by atoms with van der Waals surface area (Å²) in [6, 6.07) is 9.39. The third kappa shape index (κ3) is 30.7. The van der Waals surface area contributed by atoms with Crippen LogP contribution in [0.2, 0.25) is 0 Å². The highest BCUT2D eigenvalue weighted by Crippen LogP contribution is 2.17. The van der Waals surface area contributed by atoms with Crippen molar-refractivity contribution in [1.82, 2.24) is 0 Å². The van der Waals surface area contributed by atoms with Gasteiger partial charge in [0.1, 0.15) is 5.75 Å². The summed E-state index contributed by atoms with van der Waals surface area (Å²) in [6.45, 7) is 2.30. The van der Waals surface area contributed by atoms with Gasteiger partial charge in [-0.2, -0.15) is 0 Å². The smallest absolute Gasteiger partial charge is 0.311 e. The fraction of sp³-hybridized carbons (Fsp3) is 0.833. The van der Waals surface area contributed by atoms with Gasteiger partial charge in [0.25, 0.3) is 0 Å². The molecule has 2 heteroatoms. The lowest BCUT2D eigenvalue weighted by Crippen LogP contribution is -2.07. The summed E-state index contributed by atoms with van der Waals surface area (Å²) >= 11 is 0. The molecule has 0 bridgehead atoms. The van der Waals surface area contributed by atoms with Gasteiger partial charge in [-0.25, -0.2) is 0 Å². The largest absolute Gasteiger partial charge is 0.427 e. The van der Waals surface area contributed by atoms with Crippen molar-refractivity contribution in [3.63, 3.8) is 0 Å². The number of rotatable bonds is 35. The number of esters is 1. The van der Waals surface area contributed by atoms with Gasteiger partial charge in [0.05, 0.1) is 0 Å². The van der Waals surface area contributed by atoms with E-state index in [1.165, 1.54) is 199 Å². The van der Waals surface area contributed by atoms with Gasteiger partial charge >= 0.3 is 5.97 Å². The van der Waals surface area contributed by atoms with Crippen molar-refractivity contribution in [3.8, 4) is 5.75 Å². The maximum absolute atomic E-state index is 11.9. The molecule has 0 saturated carbocycles. The van der Waals surface area contributed by atoms with Gasteiger partial charge in [-0.05, 0) is 18.6 Å². The molecular weight excluding hydrogens is 536 g/mol. The van der Waals surface area contributed by atoms with Crippen LogP contribution in [0.3, 0.4) is 0 Å². The quantitative estimate of drug-likeness (QED) is 0.0433. The minimum Gasteiger partial charge on any atom is -0.427 e. The van der Waals surface area contributed by atoms with Crippen LogP contribution >= 0.6 is 0 Å². The van der Waals surface area contributed by atoms with E-state index in [9.17, 15) is 4.79 Å². The zero-order valence-electron chi connectivity index (χ0n) is 29.7. The van der Waals surface area contributed by atoms with E-state index in [4.69, 9.17) is 4.74 Å². The first-order chi connectivity index (χ1) is 21.8. The minimum atomic E-state index is -0.100. The van der Waals surface area contributed by atoms with Crippen LogP contribution < -0.4 is 4.74 Å². The van der Waals surface area contributed by atoms with E-state index in [0.29, 0.717) is 12.2 Å². The highest BCUT2D eigenvalue weighted by molar-refractivity contribution is 5.72. The minimum absolute atomic E-state index is 0.100. The molecule has 1 aromatic carbocycles. The molecular formula is C42H76O2. The van der Waals surface area contributed by atoms with Gasteiger partial charge in [0.2, 0.25) is 0 Å². The Bertz CT molecular complexity index is 684. The third-order valence-electron chi connectivity index (χ3n) is 9.46. The molecule has 0 spiro atoms. The van der Waals surface area contributed by atoms with Crippen molar-refractivity contribution < 1.29 is 9.53 Å². The number of hydrogen-bond donors (Lipinski definition) is 0. The molecule has 0 amide bonds. The average Bonchev–Trinajstić information content (AvgIpc) is 3.03. The van der Waals surface area contributed by atoms with Crippen LogP contribution in [-0.4, -0.2) is 5.97 Å². The van der Waals surface area contributed by atoms with Gasteiger partial charge in [-0.3, -0.25) is 4.79 Å². The van der Waals surface area contributed by atoms with E-state index in [1.54, 1.807) is 0 Å². The highest BCUT2D eigenvalue weighted by atomic mass is 16.5. The fourth-order valence-electron chi connectivity index (χ4n) is 6.49. The molecule has 0 aliphatic rings. The number of carbonyl (C=O) groups is 1. The molecule has 1 rings (SSSR count). The first-order valence-electron chi connectivity index (χ1n) is 20.1. The maximum atomic E-state index is 11.9. The third-order valence-corrected chi connectivity index (χ3v) is 9.46. The first-order valence-corrected chi connectivity index (χ1v) is 20.1. The second-order valence-electron chi connectivity index (χ2n) is 13.9. The standard InChI is InChI=1S/C42H76O2/c1-2-3-4-5-6-7-8-9-10-11-12-13-14-15-16-17-18-19-20-21-22-23-24-25-26-27-28-29-30-31-32-33-37-40-42(43)44-41-38-35-34-36-39-41/h34-36,38-39H,2-33,37,40H2,1H3. The molecule has 0 aromatic heterocycles. The Kier molecular flexibility index (Phi) is 32.0. The van der Waals surface area contributed by atoms with Crippen LogP contribution in [0.5, 0.6) is 5.75 Å². The van der Waals surface area contributed by atoms with Crippen LogP contribution in [-0.2, 0) is 4.79 Å². The molecule has 0 saturated heterocycles. The van der Waals surface area contributed by atoms with Crippen LogP contribution in [0.25, 0.3) is 0 Å². The second-order valence-corrected chi connectivity index (χ2v) is 13.9. The van der Waals surface area contributed by atoms with Crippen LogP contribution in [0.4, 0.5) is 0 Å². The van der Waals surface area contributed by atoms with E-state index < -0.39 is 0 Å². The Morgan fingerprint density at radius 1 is 0.386 bits per heavy atom. The lowest BCUT2D eigenvalue weighted by atomic mass is 10.0. The summed E-state index contributed by atoms with van der Waals surface area (Å²) in [5.41, 5.74) is 0. The number of carbonyl (C=O) groups excluding carboxylic acids is 1. The molecule has 0 N–H and O–H groups in total. The van der Waals surface area contributed by atoms with Gasteiger partial charge < -0.3 is 4.74 Å². The van der Waals surface area contributed by atoms with Crippen LogP contribution in [0, 0.1) is 0 Å². The van der Waals surface area contributed by atoms with Crippen molar-refractivity contribution in [2.75, 3.05) is 0 Å². The van der Waals surface area contributed by atoms with Crippen molar-refractivity contribution >= 4 is 5.97 Å². The summed E-state index contributed by atoms with van der Waals surface area (Å²) in [4.78, 5) is 11.9. The predicted molar refractivity (Wildman–Crippen MR) is 195 cm³/mol. The summed E-state index contributed by atoms with van der Waals surface area (Å²) < 4.78 is 5.34. The Hall–Kier alpha value is -1.31. The predicted octanol–water partition coefficient (Wildman–Crippen LogP) is 14.9. The molecule has 0 heterocycles. The van der Waals surface area contributed by atoms with E-state index in [2.05, 4.69) is 6.92 Å². The van der Waals surface area contributed by atoms with E-state index >= 15 is 0 Å². The lowest BCUT2D eigenvalue weighted by Gasteiger charge is -2.05. The molecule has 0 unspecified atom stereocenters. The normalized spacial score (nSPS) is 11.3. The van der Waals surface area contributed by atoms with Crippen LogP contribution in [0.1, 0.15) is 225 Å². The van der Waals surface area contributed by atoms with Crippen molar-refractivity contribution in [2.45, 2.75) is 225 Å². The van der Waals surface area contributed by atoms with Gasteiger partial charge in [0.15, 0.2) is 0 Å². The number of para-hydroxylation sites is 1. The average molecular weight is 613 g/mol. The fourth-order valence-corrected chi connectivity index (χ4v) is 6.49.